The van der Waals surface area contributed by atoms with Crippen molar-refractivity contribution in [2.24, 2.45) is 0 Å². The van der Waals surface area contributed by atoms with Gasteiger partial charge in [0.05, 0.1) is 11.6 Å². The fraction of sp³-hybridized carbons (Fsp3) is 0.462. The molecule has 0 aliphatic carbocycles. The Bertz CT molecular complexity index is 928. The average molecular weight is 437 g/mol. The summed E-state index contributed by atoms with van der Waals surface area (Å²) in [6, 6.07) is 9.91. The van der Waals surface area contributed by atoms with Crippen LogP contribution in [0, 0.1) is 0 Å². The number of amides is 1. The van der Waals surface area contributed by atoms with Crippen molar-refractivity contribution < 1.29 is 9.90 Å². The van der Waals surface area contributed by atoms with Crippen LogP contribution in [0.25, 0.3) is 0 Å². The van der Waals surface area contributed by atoms with E-state index in [9.17, 15) is 9.90 Å². The zero-order valence-electron chi connectivity index (χ0n) is 19.7. The number of benzene rings is 1. The second kappa shape index (κ2) is 10.7. The second-order valence-corrected chi connectivity index (χ2v) is 8.62. The Morgan fingerprint density at radius 3 is 2.59 bits per heavy atom. The summed E-state index contributed by atoms with van der Waals surface area (Å²) in [7, 11) is 0. The predicted octanol–water partition coefficient (Wildman–Crippen LogP) is 3.94. The number of phenolic OH excluding ortho intramolecular Hbond substituents is 1. The van der Waals surface area contributed by atoms with Crippen molar-refractivity contribution >= 4 is 5.91 Å². The number of hydrogen-bond donors (Lipinski definition) is 1. The molecule has 0 unspecified atom stereocenters. The summed E-state index contributed by atoms with van der Waals surface area (Å²) in [5.74, 6) is 0.234. The van der Waals surface area contributed by atoms with E-state index in [1.54, 1.807) is 12.3 Å². The molecule has 3 atom stereocenters. The first-order valence-corrected chi connectivity index (χ1v) is 11.5. The van der Waals surface area contributed by atoms with E-state index in [0.29, 0.717) is 24.7 Å². The van der Waals surface area contributed by atoms with Crippen LogP contribution >= 0.6 is 0 Å². The molecule has 0 spiro atoms. The molecule has 6 heteroatoms. The number of nitrogens with zero attached hydrogens (tertiary/aromatic N) is 4. The fourth-order valence-electron chi connectivity index (χ4n) is 4.69. The van der Waals surface area contributed by atoms with Crippen molar-refractivity contribution in [2.45, 2.75) is 45.8 Å². The quantitative estimate of drug-likeness (QED) is 0.635. The van der Waals surface area contributed by atoms with E-state index < -0.39 is 0 Å². The molecule has 1 amide bonds. The third kappa shape index (κ3) is 5.19. The van der Waals surface area contributed by atoms with Gasteiger partial charge in [-0.25, -0.2) is 0 Å². The molecular formula is C26H36N4O2. The lowest BCUT2D eigenvalue weighted by molar-refractivity contribution is 0.0305. The number of pyridine rings is 1. The Balaban J connectivity index is 2.03. The third-order valence-corrected chi connectivity index (χ3v) is 6.42. The minimum absolute atomic E-state index is 0.00349. The smallest absolute Gasteiger partial charge is 0.255 e. The molecule has 1 aliphatic rings. The molecule has 0 radical (unpaired) electrons. The molecule has 1 aliphatic heterocycles. The number of piperazine rings is 1. The number of hydrogen-bond acceptors (Lipinski definition) is 5. The van der Waals surface area contributed by atoms with Crippen molar-refractivity contribution in [3.63, 3.8) is 0 Å². The maximum atomic E-state index is 13.0. The number of aromatic nitrogens is 1. The second-order valence-electron chi connectivity index (χ2n) is 8.62. The normalized spacial score (nSPS) is 20.6. The Labute approximate surface area is 192 Å². The van der Waals surface area contributed by atoms with Gasteiger partial charge in [-0.1, -0.05) is 18.2 Å². The van der Waals surface area contributed by atoms with Crippen LogP contribution in [0.1, 0.15) is 55.2 Å². The van der Waals surface area contributed by atoms with Crippen LogP contribution < -0.4 is 0 Å². The standard InChI is InChI=1S/C26H36N4O2/c1-6-12-29-17-20(5)30(18-19(29)4)25(21-10-9-11-24(31)14-21)22-13-23(16-27-15-22)26(32)28(7-2)8-3/h6,9-11,13-16,19-20,25,31H,1,7-8,12,17-18H2,2-5H3/t19-,20+,25-/m1/s1. The molecule has 0 saturated carbocycles. The maximum absolute atomic E-state index is 13.0. The Kier molecular flexibility index (Phi) is 8.04. The van der Waals surface area contributed by atoms with Crippen molar-refractivity contribution in [3.05, 3.63) is 72.1 Å². The largest absolute Gasteiger partial charge is 0.508 e. The highest BCUT2D eigenvalue weighted by atomic mass is 16.3. The van der Waals surface area contributed by atoms with Gasteiger partial charge in [-0.2, -0.15) is 0 Å². The SMILES string of the molecule is C=CCN1C[C@H](C)N([C@H](c2cccc(O)c2)c2cncc(C(=O)N(CC)CC)c2)C[C@H]1C. The summed E-state index contributed by atoms with van der Waals surface area (Å²) >= 11 is 0. The van der Waals surface area contributed by atoms with Crippen LogP contribution in [-0.4, -0.2) is 75.5 Å². The van der Waals surface area contributed by atoms with Gasteiger partial charge in [0.1, 0.15) is 5.75 Å². The van der Waals surface area contributed by atoms with Crippen molar-refractivity contribution in [1.82, 2.24) is 19.7 Å². The van der Waals surface area contributed by atoms with Crippen LogP contribution in [0.3, 0.4) is 0 Å². The van der Waals surface area contributed by atoms with Gasteiger partial charge in [0.25, 0.3) is 5.91 Å². The number of carbonyl (C=O) groups excluding carboxylic acids is 1. The van der Waals surface area contributed by atoms with E-state index in [1.165, 1.54) is 0 Å². The number of carbonyl (C=O) groups is 1. The first kappa shape index (κ1) is 24.0. The summed E-state index contributed by atoms with van der Waals surface area (Å²) < 4.78 is 0. The maximum Gasteiger partial charge on any atom is 0.255 e. The van der Waals surface area contributed by atoms with E-state index in [4.69, 9.17) is 0 Å². The van der Waals surface area contributed by atoms with Gasteiger partial charge in [-0.3, -0.25) is 19.6 Å². The van der Waals surface area contributed by atoms with Crippen molar-refractivity contribution in [1.29, 1.82) is 0 Å². The predicted molar refractivity (Wildman–Crippen MR) is 129 cm³/mol. The van der Waals surface area contributed by atoms with E-state index in [1.807, 2.05) is 55.3 Å². The molecule has 1 aromatic carbocycles. The molecular weight excluding hydrogens is 400 g/mol. The summed E-state index contributed by atoms with van der Waals surface area (Å²) in [6.45, 7) is 16.3. The van der Waals surface area contributed by atoms with E-state index in [-0.39, 0.29) is 23.7 Å². The minimum Gasteiger partial charge on any atom is -0.508 e. The highest BCUT2D eigenvalue weighted by Crippen LogP contribution is 2.34. The molecule has 32 heavy (non-hydrogen) atoms. The lowest BCUT2D eigenvalue weighted by Crippen LogP contribution is -2.57. The van der Waals surface area contributed by atoms with E-state index >= 15 is 0 Å². The molecule has 172 valence electrons. The van der Waals surface area contributed by atoms with Gasteiger partial charge in [0, 0.05) is 57.2 Å². The molecule has 2 heterocycles. The summed E-state index contributed by atoms with van der Waals surface area (Å²) in [6.07, 6.45) is 5.46. The van der Waals surface area contributed by atoms with Gasteiger partial charge in [0.15, 0.2) is 0 Å². The van der Waals surface area contributed by atoms with E-state index in [0.717, 1.165) is 30.8 Å². The van der Waals surface area contributed by atoms with Gasteiger partial charge in [-0.15, -0.1) is 6.58 Å². The van der Waals surface area contributed by atoms with Crippen molar-refractivity contribution in [2.75, 3.05) is 32.7 Å². The summed E-state index contributed by atoms with van der Waals surface area (Å²) in [4.78, 5) is 24.1. The third-order valence-electron chi connectivity index (χ3n) is 6.42. The summed E-state index contributed by atoms with van der Waals surface area (Å²) in [5, 5.41) is 10.2. The molecule has 6 nitrogen and oxygen atoms in total. The van der Waals surface area contributed by atoms with Gasteiger partial charge >= 0.3 is 0 Å². The molecule has 1 N–H and O–H groups in total. The first-order chi connectivity index (χ1) is 15.4. The number of rotatable bonds is 8. The van der Waals surface area contributed by atoms with Crippen LogP contribution in [0.5, 0.6) is 5.75 Å². The summed E-state index contributed by atoms with van der Waals surface area (Å²) in [5.41, 5.74) is 2.56. The highest BCUT2D eigenvalue weighted by Gasteiger charge is 2.35. The molecule has 1 aromatic heterocycles. The molecule has 2 aromatic rings. The first-order valence-electron chi connectivity index (χ1n) is 11.5. The Morgan fingerprint density at radius 1 is 1.19 bits per heavy atom. The van der Waals surface area contributed by atoms with Gasteiger partial charge in [-0.05, 0) is 57.0 Å². The Hall–Kier alpha value is -2.70. The van der Waals surface area contributed by atoms with Crippen LogP contribution in [0.15, 0.2) is 55.4 Å². The molecule has 1 saturated heterocycles. The fourth-order valence-corrected chi connectivity index (χ4v) is 4.69. The van der Waals surface area contributed by atoms with Gasteiger partial charge < -0.3 is 10.0 Å². The lowest BCUT2D eigenvalue weighted by Gasteiger charge is -2.47. The molecule has 0 bridgehead atoms. The van der Waals surface area contributed by atoms with E-state index in [2.05, 4.69) is 35.2 Å². The number of phenols is 1. The molecule has 1 fully saturated rings. The highest BCUT2D eigenvalue weighted by molar-refractivity contribution is 5.94. The lowest BCUT2D eigenvalue weighted by atomic mass is 9.93. The zero-order valence-corrected chi connectivity index (χ0v) is 19.7. The van der Waals surface area contributed by atoms with Crippen LogP contribution in [-0.2, 0) is 0 Å². The zero-order chi connectivity index (χ0) is 23.3. The number of aromatic hydroxyl groups is 1. The topological polar surface area (TPSA) is 59.9 Å². The molecule has 3 rings (SSSR count). The Morgan fingerprint density at radius 2 is 1.94 bits per heavy atom. The average Bonchev–Trinajstić information content (AvgIpc) is 2.78. The minimum atomic E-state index is -0.109. The van der Waals surface area contributed by atoms with Crippen LogP contribution in [0.2, 0.25) is 0 Å². The monoisotopic (exact) mass is 436 g/mol. The van der Waals surface area contributed by atoms with Gasteiger partial charge in [0.2, 0.25) is 0 Å². The van der Waals surface area contributed by atoms with Crippen LogP contribution in [0.4, 0.5) is 0 Å². The van der Waals surface area contributed by atoms with Crippen molar-refractivity contribution in [3.8, 4) is 5.75 Å².